The number of nitrogens with one attached hydrogen (secondary N) is 1. The highest BCUT2D eigenvalue weighted by Gasteiger charge is 2.01. The van der Waals surface area contributed by atoms with Crippen LogP contribution in [0.2, 0.25) is 5.02 Å². The molecule has 0 spiro atoms. The summed E-state index contributed by atoms with van der Waals surface area (Å²) in [5.41, 5.74) is 3.43. The van der Waals surface area contributed by atoms with E-state index < -0.39 is 0 Å². The van der Waals surface area contributed by atoms with Crippen LogP contribution in [0, 0.1) is 6.92 Å². The van der Waals surface area contributed by atoms with E-state index in [0.29, 0.717) is 5.02 Å². The number of pyridine rings is 1. The van der Waals surface area contributed by atoms with Crippen LogP contribution in [0.1, 0.15) is 11.3 Å². The lowest BCUT2D eigenvalue weighted by Crippen LogP contribution is -2.08. The van der Waals surface area contributed by atoms with Crippen LogP contribution in [-0.2, 0) is 4.79 Å². The SMILES string of the molecule is Cc1cn2cc(NC(=O)/C=C/c3ccc(Cl)cc3)ccc2n1. The van der Waals surface area contributed by atoms with E-state index in [0.717, 1.165) is 22.6 Å². The first-order valence-corrected chi connectivity index (χ1v) is 7.18. The van der Waals surface area contributed by atoms with E-state index in [-0.39, 0.29) is 5.91 Å². The molecule has 2 aromatic heterocycles. The highest BCUT2D eigenvalue weighted by molar-refractivity contribution is 6.30. The van der Waals surface area contributed by atoms with Crippen LogP contribution < -0.4 is 5.32 Å². The van der Waals surface area contributed by atoms with Crippen LogP contribution in [0.5, 0.6) is 0 Å². The fourth-order valence-corrected chi connectivity index (χ4v) is 2.25. The molecule has 22 heavy (non-hydrogen) atoms. The van der Waals surface area contributed by atoms with Crippen molar-refractivity contribution in [2.24, 2.45) is 0 Å². The Balaban J connectivity index is 1.70. The number of amides is 1. The summed E-state index contributed by atoms with van der Waals surface area (Å²) in [6, 6.07) is 11.0. The molecule has 0 atom stereocenters. The third-order valence-corrected chi connectivity index (χ3v) is 3.39. The van der Waals surface area contributed by atoms with Crippen molar-refractivity contribution < 1.29 is 4.79 Å². The van der Waals surface area contributed by atoms with Gasteiger partial charge in [-0.15, -0.1) is 0 Å². The molecule has 4 nitrogen and oxygen atoms in total. The number of carbonyl (C=O) groups is 1. The summed E-state index contributed by atoms with van der Waals surface area (Å²) in [7, 11) is 0. The number of hydrogen-bond acceptors (Lipinski definition) is 2. The van der Waals surface area contributed by atoms with Crippen LogP contribution in [0.4, 0.5) is 5.69 Å². The van der Waals surface area contributed by atoms with Crippen molar-refractivity contribution in [2.75, 3.05) is 5.32 Å². The van der Waals surface area contributed by atoms with Gasteiger partial charge < -0.3 is 9.72 Å². The van der Waals surface area contributed by atoms with Gasteiger partial charge in [0, 0.05) is 23.5 Å². The summed E-state index contributed by atoms with van der Waals surface area (Å²) in [5.74, 6) is -0.189. The summed E-state index contributed by atoms with van der Waals surface area (Å²) >= 11 is 5.82. The van der Waals surface area contributed by atoms with Crippen molar-refractivity contribution in [1.82, 2.24) is 9.38 Å². The maximum Gasteiger partial charge on any atom is 0.248 e. The van der Waals surface area contributed by atoms with Gasteiger partial charge in [0.2, 0.25) is 5.91 Å². The number of benzene rings is 1. The number of fused-ring (bicyclic) bond motifs is 1. The van der Waals surface area contributed by atoms with Crippen molar-refractivity contribution in [3.05, 3.63) is 71.1 Å². The average molecular weight is 312 g/mol. The van der Waals surface area contributed by atoms with Crippen molar-refractivity contribution in [2.45, 2.75) is 6.92 Å². The van der Waals surface area contributed by atoms with Crippen LogP contribution in [0.25, 0.3) is 11.7 Å². The van der Waals surface area contributed by atoms with E-state index in [1.165, 1.54) is 6.08 Å². The molecule has 0 aliphatic rings. The van der Waals surface area contributed by atoms with Gasteiger partial charge in [0.25, 0.3) is 0 Å². The predicted octanol–water partition coefficient (Wildman–Crippen LogP) is 3.95. The predicted molar refractivity (Wildman–Crippen MR) is 89.0 cm³/mol. The number of rotatable bonds is 3. The minimum atomic E-state index is -0.189. The molecular formula is C17H14ClN3O. The Kier molecular flexibility index (Phi) is 3.94. The molecule has 0 saturated carbocycles. The monoisotopic (exact) mass is 311 g/mol. The zero-order valence-electron chi connectivity index (χ0n) is 12.0. The Labute approximate surface area is 133 Å². The zero-order valence-corrected chi connectivity index (χ0v) is 12.7. The third kappa shape index (κ3) is 3.35. The number of hydrogen-bond donors (Lipinski definition) is 1. The van der Waals surface area contributed by atoms with E-state index in [1.807, 2.05) is 48.0 Å². The Morgan fingerprint density at radius 2 is 1.95 bits per heavy atom. The summed E-state index contributed by atoms with van der Waals surface area (Å²) in [5, 5.41) is 3.50. The summed E-state index contributed by atoms with van der Waals surface area (Å²) in [6.45, 7) is 1.93. The quantitative estimate of drug-likeness (QED) is 0.744. The number of imidazole rings is 1. The lowest BCUT2D eigenvalue weighted by molar-refractivity contribution is -0.111. The first-order chi connectivity index (χ1) is 10.6. The lowest BCUT2D eigenvalue weighted by atomic mass is 10.2. The molecule has 1 N–H and O–H groups in total. The van der Waals surface area contributed by atoms with Gasteiger partial charge in [-0.25, -0.2) is 4.98 Å². The highest BCUT2D eigenvalue weighted by Crippen LogP contribution is 2.13. The van der Waals surface area contributed by atoms with E-state index in [4.69, 9.17) is 11.6 Å². The molecule has 0 fully saturated rings. The Morgan fingerprint density at radius 3 is 2.73 bits per heavy atom. The molecule has 1 aromatic carbocycles. The fourth-order valence-electron chi connectivity index (χ4n) is 2.12. The molecule has 0 saturated heterocycles. The average Bonchev–Trinajstić information content (AvgIpc) is 2.86. The van der Waals surface area contributed by atoms with E-state index in [1.54, 1.807) is 18.2 Å². The number of anilines is 1. The first-order valence-electron chi connectivity index (χ1n) is 6.80. The molecule has 0 bridgehead atoms. The largest absolute Gasteiger partial charge is 0.321 e. The van der Waals surface area contributed by atoms with Crippen LogP contribution >= 0.6 is 11.6 Å². The van der Waals surface area contributed by atoms with Crippen molar-refractivity contribution in [1.29, 1.82) is 0 Å². The third-order valence-electron chi connectivity index (χ3n) is 3.14. The van der Waals surface area contributed by atoms with Crippen molar-refractivity contribution in [3.63, 3.8) is 0 Å². The molecule has 0 aliphatic carbocycles. The van der Waals surface area contributed by atoms with Crippen molar-refractivity contribution >= 4 is 34.9 Å². The summed E-state index contributed by atoms with van der Waals surface area (Å²) in [4.78, 5) is 16.3. The van der Waals surface area contributed by atoms with Gasteiger partial charge >= 0.3 is 0 Å². The van der Waals surface area contributed by atoms with E-state index in [9.17, 15) is 4.79 Å². The topological polar surface area (TPSA) is 46.4 Å². The van der Waals surface area contributed by atoms with Crippen LogP contribution in [0.3, 0.4) is 0 Å². The first kappa shape index (κ1) is 14.4. The Morgan fingerprint density at radius 1 is 1.18 bits per heavy atom. The van der Waals surface area contributed by atoms with E-state index in [2.05, 4.69) is 10.3 Å². The molecule has 0 aliphatic heterocycles. The standard InChI is InChI=1S/C17H14ClN3O/c1-12-10-21-11-15(7-8-16(21)19-12)20-17(22)9-4-13-2-5-14(18)6-3-13/h2-11H,1H3,(H,20,22)/b9-4+. The molecule has 1 amide bonds. The normalized spacial score (nSPS) is 11.2. The molecule has 0 radical (unpaired) electrons. The zero-order chi connectivity index (χ0) is 15.5. The second kappa shape index (κ2) is 6.03. The van der Waals surface area contributed by atoms with Gasteiger partial charge in [-0.2, -0.15) is 0 Å². The summed E-state index contributed by atoms with van der Waals surface area (Å²) < 4.78 is 1.88. The van der Waals surface area contributed by atoms with Crippen LogP contribution in [0.15, 0.2) is 54.9 Å². The molecular weight excluding hydrogens is 298 g/mol. The number of nitrogens with zero attached hydrogens (tertiary/aromatic N) is 2. The molecule has 5 heteroatoms. The van der Waals surface area contributed by atoms with E-state index >= 15 is 0 Å². The minimum Gasteiger partial charge on any atom is -0.321 e. The summed E-state index contributed by atoms with van der Waals surface area (Å²) in [6.07, 6.45) is 6.98. The second-order valence-corrected chi connectivity index (χ2v) is 5.38. The molecule has 2 heterocycles. The smallest absolute Gasteiger partial charge is 0.248 e. The second-order valence-electron chi connectivity index (χ2n) is 4.94. The molecule has 110 valence electrons. The molecule has 3 rings (SSSR count). The van der Waals surface area contributed by atoms with Crippen molar-refractivity contribution in [3.8, 4) is 0 Å². The molecule has 0 unspecified atom stereocenters. The maximum absolute atomic E-state index is 11.9. The highest BCUT2D eigenvalue weighted by atomic mass is 35.5. The number of aromatic nitrogens is 2. The number of carbonyl (C=O) groups excluding carboxylic acids is 1. The maximum atomic E-state index is 11.9. The fraction of sp³-hybridized carbons (Fsp3) is 0.0588. The van der Waals surface area contributed by atoms with Gasteiger partial charge in [0.1, 0.15) is 5.65 Å². The van der Waals surface area contributed by atoms with Gasteiger partial charge in [-0.1, -0.05) is 23.7 Å². The van der Waals surface area contributed by atoms with Gasteiger partial charge in [0.05, 0.1) is 11.4 Å². The number of aryl methyl sites for hydroxylation is 1. The Bertz CT molecular complexity index is 850. The number of halogens is 1. The van der Waals surface area contributed by atoms with Gasteiger partial charge in [-0.05, 0) is 42.8 Å². The van der Waals surface area contributed by atoms with Crippen LogP contribution in [-0.4, -0.2) is 15.3 Å². The van der Waals surface area contributed by atoms with Gasteiger partial charge in [0.15, 0.2) is 0 Å². The molecule has 3 aromatic rings. The van der Waals surface area contributed by atoms with Gasteiger partial charge in [-0.3, -0.25) is 4.79 Å². The minimum absolute atomic E-state index is 0.189. The lowest BCUT2D eigenvalue weighted by Gasteiger charge is -2.03. The Hall–Kier alpha value is -2.59.